The molecule has 0 saturated heterocycles. The summed E-state index contributed by atoms with van der Waals surface area (Å²) in [6, 6.07) is 13.0. The fourth-order valence-corrected chi connectivity index (χ4v) is 3.88. The third-order valence-electron chi connectivity index (χ3n) is 5.50. The van der Waals surface area contributed by atoms with Crippen LogP contribution in [0.1, 0.15) is 49.4 Å². The number of hydrogen-bond acceptors (Lipinski definition) is 7. The lowest BCUT2D eigenvalue weighted by molar-refractivity contribution is 0.0989. The zero-order valence-corrected chi connectivity index (χ0v) is 19.2. The van der Waals surface area contributed by atoms with Crippen LogP contribution < -0.4 is 15.2 Å². The van der Waals surface area contributed by atoms with E-state index in [1.54, 1.807) is 4.68 Å². The predicted octanol–water partition coefficient (Wildman–Crippen LogP) is 3.33. The van der Waals surface area contributed by atoms with E-state index in [1.807, 2.05) is 56.3 Å². The Balaban J connectivity index is 0.00000289. The number of aliphatic hydroxyl groups is 1. The molecule has 1 aliphatic rings. The first-order valence-electron chi connectivity index (χ1n) is 10.7. The van der Waals surface area contributed by atoms with Gasteiger partial charge in [-0.3, -0.25) is 0 Å². The van der Waals surface area contributed by atoms with Crippen LogP contribution in [-0.4, -0.2) is 43.6 Å². The van der Waals surface area contributed by atoms with Gasteiger partial charge in [-0.1, -0.05) is 6.07 Å². The molecule has 1 saturated carbocycles. The molecule has 2 heterocycles. The Morgan fingerprint density at radius 1 is 1.06 bits per heavy atom. The highest BCUT2D eigenvalue weighted by molar-refractivity contribution is 5.85. The van der Waals surface area contributed by atoms with Crippen molar-refractivity contribution in [1.29, 1.82) is 0 Å². The maximum atomic E-state index is 10.0. The van der Waals surface area contributed by atoms with E-state index in [0.717, 1.165) is 35.3 Å². The molecule has 0 radical (unpaired) electrons. The molecular formula is C23H30ClN5O3. The van der Waals surface area contributed by atoms with Crippen LogP contribution in [0.3, 0.4) is 0 Å². The summed E-state index contributed by atoms with van der Waals surface area (Å²) in [5.74, 6) is 3.73. The molecule has 8 nitrogen and oxygen atoms in total. The van der Waals surface area contributed by atoms with Gasteiger partial charge >= 0.3 is 0 Å². The van der Waals surface area contributed by atoms with Gasteiger partial charge in [0.15, 0.2) is 11.6 Å². The van der Waals surface area contributed by atoms with Crippen molar-refractivity contribution in [2.75, 3.05) is 6.61 Å². The van der Waals surface area contributed by atoms with Crippen molar-refractivity contribution in [3.63, 3.8) is 0 Å². The minimum absolute atomic E-state index is 0. The van der Waals surface area contributed by atoms with Crippen molar-refractivity contribution in [1.82, 2.24) is 19.7 Å². The molecule has 9 heteroatoms. The Hall–Kier alpha value is -2.68. The Morgan fingerprint density at radius 2 is 1.78 bits per heavy atom. The average Bonchev–Trinajstić information content (AvgIpc) is 3.20. The number of aliphatic hydroxyl groups excluding tert-OH is 1. The first-order valence-corrected chi connectivity index (χ1v) is 10.7. The van der Waals surface area contributed by atoms with Gasteiger partial charge in [0.05, 0.1) is 12.7 Å². The normalized spacial score (nSPS) is 20.4. The van der Waals surface area contributed by atoms with E-state index in [1.165, 1.54) is 0 Å². The topological polar surface area (TPSA) is 108 Å². The molecule has 1 aliphatic carbocycles. The number of nitrogens with two attached hydrogens (primary N) is 1. The van der Waals surface area contributed by atoms with Crippen molar-refractivity contribution in [3.05, 3.63) is 59.8 Å². The van der Waals surface area contributed by atoms with Crippen LogP contribution in [0.5, 0.6) is 11.5 Å². The van der Waals surface area contributed by atoms with Crippen LogP contribution in [0.4, 0.5) is 0 Å². The summed E-state index contributed by atoms with van der Waals surface area (Å²) in [5, 5.41) is 14.7. The maximum absolute atomic E-state index is 10.0. The number of aryl methyl sites for hydroxylation is 1. The van der Waals surface area contributed by atoms with Crippen molar-refractivity contribution in [3.8, 4) is 17.3 Å². The van der Waals surface area contributed by atoms with Gasteiger partial charge in [-0.15, -0.1) is 17.5 Å². The predicted molar refractivity (Wildman–Crippen MR) is 124 cm³/mol. The second-order valence-electron chi connectivity index (χ2n) is 7.87. The van der Waals surface area contributed by atoms with E-state index in [-0.39, 0.29) is 31.0 Å². The van der Waals surface area contributed by atoms with Gasteiger partial charge < -0.3 is 20.3 Å². The van der Waals surface area contributed by atoms with Crippen molar-refractivity contribution < 1.29 is 14.6 Å². The summed E-state index contributed by atoms with van der Waals surface area (Å²) in [7, 11) is 0. The SMILES string of the molecule is CCOc1ccc(OCc2nc([C@H]3CC[C@@H](O)[C@H](N)C3)n(-c3cccc(C)n3)n2)cc1.Cl. The molecule has 3 aromatic rings. The second kappa shape index (κ2) is 10.8. The van der Waals surface area contributed by atoms with Crippen LogP contribution in [0.25, 0.3) is 5.82 Å². The number of aromatic nitrogens is 4. The summed E-state index contributed by atoms with van der Waals surface area (Å²) in [6.07, 6.45) is 1.65. The van der Waals surface area contributed by atoms with Crippen LogP contribution in [0.2, 0.25) is 0 Å². The van der Waals surface area contributed by atoms with E-state index in [2.05, 4.69) is 4.98 Å². The third-order valence-corrected chi connectivity index (χ3v) is 5.50. The van der Waals surface area contributed by atoms with Gasteiger partial charge in [-0.2, -0.15) is 4.68 Å². The molecule has 1 aromatic carbocycles. The first-order chi connectivity index (χ1) is 15.0. The highest BCUT2D eigenvalue weighted by atomic mass is 35.5. The van der Waals surface area contributed by atoms with Crippen molar-refractivity contribution in [2.45, 2.75) is 57.8 Å². The summed E-state index contributed by atoms with van der Waals surface area (Å²) in [5.41, 5.74) is 7.04. The van der Waals surface area contributed by atoms with E-state index >= 15 is 0 Å². The Kier molecular flexibility index (Phi) is 8.06. The second-order valence-corrected chi connectivity index (χ2v) is 7.87. The smallest absolute Gasteiger partial charge is 0.188 e. The van der Waals surface area contributed by atoms with Gasteiger partial charge in [0.1, 0.15) is 23.9 Å². The quantitative estimate of drug-likeness (QED) is 0.557. The molecule has 0 unspecified atom stereocenters. The van der Waals surface area contributed by atoms with Crippen molar-refractivity contribution >= 4 is 12.4 Å². The lowest BCUT2D eigenvalue weighted by Gasteiger charge is -2.30. The average molecular weight is 460 g/mol. The summed E-state index contributed by atoms with van der Waals surface area (Å²) >= 11 is 0. The molecule has 3 atom stereocenters. The van der Waals surface area contributed by atoms with Gasteiger partial charge in [-0.25, -0.2) is 9.97 Å². The number of ether oxygens (including phenoxy) is 2. The molecule has 1 fully saturated rings. The third kappa shape index (κ3) is 5.56. The van der Waals surface area contributed by atoms with Gasteiger partial charge in [0, 0.05) is 17.7 Å². The van der Waals surface area contributed by atoms with Gasteiger partial charge in [-0.05, 0) is 69.5 Å². The highest BCUT2D eigenvalue weighted by Crippen LogP contribution is 2.32. The summed E-state index contributed by atoms with van der Waals surface area (Å²) in [6.45, 7) is 4.76. The van der Waals surface area contributed by atoms with Gasteiger partial charge in [0.25, 0.3) is 0 Å². The Labute approximate surface area is 194 Å². The standard InChI is InChI=1S/C23H29N5O3.ClH/c1-3-30-17-8-10-18(11-9-17)31-14-21-26-23(16-7-12-20(29)19(24)13-16)28(27-21)22-6-4-5-15(2)25-22;/h4-6,8-11,16,19-20,29H,3,7,12-14,24H2,1-2H3;1H/t16-,19+,20+;/m0./s1. The largest absolute Gasteiger partial charge is 0.494 e. The number of pyridine rings is 1. The monoisotopic (exact) mass is 459 g/mol. The molecule has 0 bridgehead atoms. The van der Waals surface area contributed by atoms with Crippen LogP contribution in [0, 0.1) is 6.92 Å². The molecule has 32 heavy (non-hydrogen) atoms. The highest BCUT2D eigenvalue weighted by Gasteiger charge is 2.31. The zero-order valence-electron chi connectivity index (χ0n) is 18.3. The maximum Gasteiger partial charge on any atom is 0.188 e. The summed E-state index contributed by atoms with van der Waals surface area (Å²) < 4.78 is 13.2. The molecule has 2 aromatic heterocycles. The van der Waals surface area contributed by atoms with Crippen LogP contribution in [0.15, 0.2) is 42.5 Å². The van der Waals surface area contributed by atoms with E-state index in [9.17, 15) is 5.11 Å². The molecular weight excluding hydrogens is 430 g/mol. The van der Waals surface area contributed by atoms with Gasteiger partial charge in [0.2, 0.25) is 0 Å². The number of benzene rings is 1. The molecule has 0 spiro atoms. The Morgan fingerprint density at radius 3 is 2.44 bits per heavy atom. The summed E-state index contributed by atoms with van der Waals surface area (Å²) in [4.78, 5) is 9.40. The zero-order chi connectivity index (χ0) is 21.8. The number of rotatable bonds is 7. The van der Waals surface area contributed by atoms with Crippen LogP contribution in [-0.2, 0) is 6.61 Å². The van der Waals surface area contributed by atoms with E-state index < -0.39 is 6.10 Å². The molecule has 0 aliphatic heterocycles. The molecule has 0 amide bonds. The minimum atomic E-state index is -0.466. The van der Waals surface area contributed by atoms with Crippen molar-refractivity contribution in [2.24, 2.45) is 5.73 Å². The first kappa shape index (κ1) is 24.0. The van der Waals surface area contributed by atoms with E-state index in [4.69, 9.17) is 25.3 Å². The fourth-order valence-electron chi connectivity index (χ4n) is 3.88. The lowest BCUT2D eigenvalue weighted by Crippen LogP contribution is -2.40. The Bertz CT molecular complexity index is 1010. The number of hydrogen-bond donors (Lipinski definition) is 2. The number of halogens is 1. The fraction of sp³-hybridized carbons (Fsp3) is 0.435. The lowest BCUT2D eigenvalue weighted by atomic mass is 9.83. The molecule has 4 rings (SSSR count). The van der Waals surface area contributed by atoms with Crippen LogP contribution >= 0.6 is 12.4 Å². The molecule has 3 N–H and O–H groups in total. The van der Waals surface area contributed by atoms with E-state index in [0.29, 0.717) is 25.3 Å². The minimum Gasteiger partial charge on any atom is -0.494 e. The number of nitrogens with zero attached hydrogens (tertiary/aromatic N) is 4. The molecule has 172 valence electrons.